The van der Waals surface area contributed by atoms with Crippen molar-refractivity contribution in [2.75, 3.05) is 33.2 Å². The summed E-state index contributed by atoms with van der Waals surface area (Å²) < 4.78 is 0. The Morgan fingerprint density at radius 3 is 2.74 bits per heavy atom. The van der Waals surface area contributed by atoms with Crippen LogP contribution in [0.3, 0.4) is 0 Å². The number of nitro groups is 1. The second-order valence-corrected chi connectivity index (χ2v) is 6.49. The molecule has 9 nitrogen and oxygen atoms in total. The molecule has 0 atom stereocenters. The van der Waals surface area contributed by atoms with Crippen LogP contribution < -0.4 is 16.0 Å². The number of carbonyl (C=O) groups excluding carboxylic acids is 1. The summed E-state index contributed by atoms with van der Waals surface area (Å²) in [6.45, 7) is 5.24. The number of carbonyl (C=O) groups is 1. The number of nitrogens with one attached hydrogen (secondary N) is 3. The van der Waals surface area contributed by atoms with Crippen molar-refractivity contribution in [3.63, 3.8) is 0 Å². The van der Waals surface area contributed by atoms with Gasteiger partial charge >= 0.3 is 0 Å². The van der Waals surface area contributed by atoms with E-state index in [9.17, 15) is 14.9 Å². The molecule has 9 heteroatoms. The minimum Gasteiger partial charge on any atom is -0.358 e. The molecule has 0 aliphatic carbocycles. The van der Waals surface area contributed by atoms with Crippen molar-refractivity contribution in [3.05, 3.63) is 39.9 Å². The lowest BCUT2D eigenvalue weighted by atomic mass is 10.1. The molecule has 0 unspecified atom stereocenters. The second-order valence-electron chi connectivity index (χ2n) is 6.49. The van der Waals surface area contributed by atoms with Crippen molar-refractivity contribution in [2.24, 2.45) is 4.99 Å². The largest absolute Gasteiger partial charge is 0.358 e. The zero-order valence-electron chi connectivity index (χ0n) is 15.9. The lowest BCUT2D eigenvalue weighted by molar-refractivity contribution is -0.384. The van der Waals surface area contributed by atoms with Gasteiger partial charge in [0.1, 0.15) is 0 Å². The average Bonchev–Trinajstić information content (AvgIpc) is 2.68. The molecule has 1 heterocycles. The molecule has 148 valence electrons. The van der Waals surface area contributed by atoms with Crippen LogP contribution in [0.1, 0.15) is 25.3 Å². The van der Waals surface area contributed by atoms with E-state index in [1.807, 2.05) is 13.0 Å². The van der Waals surface area contributed by atoms with Gasteiger partial charge in [-0.25, -0.2) is 4.99 Å². The van der Waals surface area contributed by atoms with Gasteiger partial charge in [0, 0.05) is 44.9 Å². The molecule has 1 saturated heterocycles. The number of likely N-dealkylation sites (tertiary alicyclic amines) is 1. The number of piperidine rings is 1. The van der Waals surface area contributed by atoms with Gasteiger partial charge in [0.15, 0.2) is 5.96 Å². The number of amides is 1. The number of guanidine groups is 1. The van der Waals surface area contributed by atoms with E-state index >= 15 is 0 Å². The Labute approximate surface area is 159 Å². The molecule has 1 aromatic carbocycles. The fourth-order valence-corrected chi connectivity index (χ4v) is 2.97. The van der Waals surface area contributed by atoms with Crippen molar-refractivity contribution in [1.29, 1.82) is 0 Å². The zero-order chi connectivity index (χ0) is 19.6. The van der Waals surface area contributed by atoms with Crippen LogP contribution in [0.15, 0.2) is 29.3 Å². The van der Waals surface area contributed by atoms with Crippen LogP contribution in [-0.2, 0) is 11.3 Å². The Bertz CT molecular complexity index is 671. The van der Waals surface area contributed by atoms with Gasteiger partial charge in [0.25, 0.3) is 5.69 Å². The molecule has 0 bridgehead atoms. The standard InChI is InChI=1S/C18H28N6O3/c1-3-20-18(21-12-14-5-4-6-16(11-14)24(26)27)22-15-7-9-23(10-8-15)13-17(25)19-2/h4-6,11,15H,3,7-10,12-13H2,1-2H3,(H,19,25)(H2,20,21,22). The summed E-state index contributed by atoms with van der Waals surface area (Å²) in [5.41, 5.74) is 0.867. The number of aliphatic imine (C=N–C) groups is 1. The summed E-state index contributed by atoms with van der Waals surface area (Å²) in [5, 5.41) is 20.2. The van der Waals surface area contributed by atoms with Gasteiger partial charge in [-0.2, -0.15) is 0 Å². The first-order chi connectivity index (χ1) is 13.0. The van der Waals surface area contributed by atoms with Crippen molar-refractivity contribution in [1.82, 2.24) is 20.9 Å². The number of nitro benzene ring substituents is 1. The predicted octanol–water partition coefficient (Wildman–Crippen LogP) is 0.860. The first-order valence-electron chi connectivity index (χ1n) is 9.23. The van der Waals surface area contributed by atoms with Crippen LogP contribution in [0.4, 0.5) is 5.69 Å². The van der Waals surface area contributed by atoms with E-state index < -0.39 is 4.92 Å². The summed E-state index contributed by atoms with van der Waals surface area (Å²) in [6, 6.07) is 6.81. The van der Waals surface area contributed by atoms with Gasteiger partial charge < -0.3 is 16.0 Å². The number of hydrogen-bond donors (Lipinski definition) is 3. The number of nitrogens with zero attached hydrogens (tertiary/aromatic N) is 3. The van der Waals surface area contributed by atoms with Crippen molar-refractivity contribution in [2.45, 2.75) is 32.4 Å². The van der Waals surface area contributed by atoms with Crippen molar-refractivity contribution in [3.8, 4) is 0 Å². The molecule has 0 spiro atoms. The molecule has 0 aromatic heterocycles. The smallest absolute Gasteiger partial charge is 0.269 e. The summed E-state index contributed by atoms with van der Waals surface area (Å²) in [5.74, 6) is 0.738. The second kappa shape index (κ2) is 10.5. The molecule has 0 saturated carbocycles. The van der Waals surface area contributed by atoms with Crippen LogP contribution in [0.5, 0.6) is 0 Å². The highest BCUT2D eigenvalue weighted by atomic mass is 16.6. The van der Waals surface area contributed by atoms with Crippen LogP contribution in [0.2, 0.25) is 0 Å². The maximum Gasteiger partial charge on any atom is 0.269 e. The molecule has 1 fully saturated rings. The van der Waals surface area contributed by atoms with Gasteiger partial charge in [-0.3, -0.25) is 19.8 Å². The third-order valence-electron chi connectivity index (χ3n) is 4.46. The van der Waals surface area contributed by atoms with Crippen molar-refractivity contribution >= 4 is 17.6 Å². The molecule has 0 radical (unpaired) electrons. The van der Waals surface area contributed by atoms with E-state index in [2.05, 4.69) is 25.8 Å². The molecule has 1 aromatic rings. The maximum atomic E-state index is 11.5. The lowest BCUT2D eigenvalue weighted by Gasteiger charge is -2.32. The van der Waals surface area contributed by atoms with E-state index in [1.165, 1.54) is 6.07 Å². The summed E-state index contributed by atoms with van der Waals surface area (Å²) in [6.07, 6.45) is 1.86. The number of likely N-dealkylation sites (N-methyl/N-ethyl adjacent to an activating group) is 1. The topological polar surface area (TPSA) is 112 Å². The minimum atomic E-state index is -0.400. The molecule has 1 aliphatic rings. The maximum absolute atomic E-state index is 11.5. The molecular formula is C18H28N6O3. The Balaban J connectivity index is 1.90. The Morgan fingerprint density at radius 2 is 2.11 bits per heavy atom. The molecule has 1 aliphatic heterocycles. The molecule has 2 rings (SSSR count). The van der Waals surface area contributed by atoms with Gasteiger partial charge in [0.05, 0.1) is 18.0 Å². The van der Waals surface area contributed by atoms with E-state index in [0.717, 1.165) is 38.0 Å². The highest BCUT2D eigenvalue weighted by Crippen LogP contribution is 2.14. The predicted molar refractivity (Wildman–Crippen MR) is 105 cm³/mol. The molecule has 1 amide bonds. The first kappa shape index (κ1) is 20.6. The fraction of sp³-hybridized carbons (Fsp3) is 0.556. The highest BCUT2D eigenvalue weighted by Gasteiger charge is 2.21. The van der Waals surface area contributed by atoms with E-state index in [-0.39, 0.29) is 17.6 Å². The fourth-order valence-electron chi connectivity index (χ4n) is 2.97. The van der Waals surface area contributed by atoms with Crippen molar-refractivity contribution < 1.29 is 9.72 Å². The van der Waals surface area contributed by atoms with E-state index in [0.29, 0.717) is 19.0 Å². The van der Waals surface area contributed by atoms with Gasteiger partial charge in [-0.15, -0.1) is 0 Å². The highest BCUT2D eigenvalue weighted by molar-refractivity contribution is 5.80. The van der Waals surface area contributed by atoms with Crippen LogP contribution >= 0.6 is 0 Å². The van der Waals surface area contributed by atoms with Crippen LogP contribution in [0, 0.1) is 10.1 Å². The van der Waals surface area contributed by atoms with E-state index in [1.54, 1.807) is 19.2 Å². The first-order valence-corrected chi connectivity index (χ1v) is 9.23. The number of rotatable bonds is 7. The zero-order valence-corrected chi connectivity index (χ0v) is 15.9. The van der Waals surface area contributed by atoms with E-state index in [4.69, 9.17) is 0 Å². The van der Waals surface area contributed by atoms with Gasteiger partial charge in [-0.05, 0) is 25.3 Å². The average molecular weight is 376 g/mol. The Hall–Kier alpha value is -2.68. The Morgan fingerprint density at radius 1 is 1.37 bits per heavy atom. The van der Waals surface area contributed by atoms with Gasteiger partial charge in [0.2, 0.25) is 5.91 Å². The normalized spacial score (nSPS) is 16.0. The quantitative estimate of drug-likeness (QED) is 0.282. The summed E-state index contributed by atoms with van der Waals surface area (Å²) in [4.78, 5) is 28.7. The molecule has 27 heavy (non-hydrogen) atoms. The Kier molecular flexibility index (Phi) is 8.00. The summed E-state index contributed by atoms with van der Waals surface area (Å²) >= 11 is 0. The van der Waals surface area contributed by atoms with Crippen LogP contribution in [0.25, 0.3) is 0 Å². The summed E-state index contributed by atoms with van der Waals surface area (Å²) in [7, 11) is 1.65. The lowest BCUT2D eigenvalue weighted by Crippen LogP contribution is -2.50. The SMILES string of the molecule is CCNC(=NCc1cccc([N+](=O)[O-])c1)NC1CCN(CC(=O)NC)CC1. The van der Waals surface area contributed by atoms with Gasteiger partial charge in [-0.1, -0.05) is 12.1 Å². The minimum absolute atomic E-state index is 0.0354. The monoisotopic (exact) mass is 376 g/mol. The molecular weight excluding hydrogens is 348 g/mol. The van der Waals surface area contributed by atoms with Crippen LogP contribution in [-0.4, -0.2) is 61.0 Å². The number of benzene rings is 1. The third kappa shape index (κ3) is 6.86. The third-order valence-corrected chi connectivity index (χ3v) is 4.46. The number of hydrogen-bond acceptors (Lipinski definition) is 5. The number of non-ortho nitro benzene ring substituents is 1. The molecule has 3 N–H and O–H groups in total.